The quantitative estimate of drug-likeness (QED) is 0.449. The maximum absolute atomic E-state index is 10.3. The van der Waals surface area contributed by atoms with Crippen molar-refractivity contribution in [2.45, 2.75) is 12.5 Å². The molecule has 0 radical (unpaired) electrons. The third kappa shape index (κ3) is 3.03. The highest BCUT2D eigenvalue weighted by Gasteiger charge is 2.09. The Morgan fingerprint density at radius 1 is 1.70 bits per heavy atom. The summed E-state index contributed by atoms with van der Waals surface area (Å²) >= 11 is 0. The van der Waals surface area contributed by atoms with E-state index in [1.807, 2.05) is 0 Å². The first kappa shape index (κ1) is 8.90. The van der Waals surface area contributed by atoms with Crippen LogP contribution in [0, 0.1) is 0 Å². The second-order valence-electron chi connectivity index (χ2n) is 1.71. The normalized spacial score (nSPS) is 12.2. The molecule has 0 unspecified atom stereocenters. The molecule has 0 aliphatic rings. The SMILES string of the molecule is COC(=O)C[C@H](N)C(=O)[O-]. The average Bonchev–Trinajstić information content (AvgIpc) is 1.87. The van der Waals surface area contributed by atoms with Gasteiger partial charge in [-0.3, -0.25) is 4.79 Å². The van der Waals surface area contributed by atoms with Gasteiger partial charge in [0.25, 0.3) is 0 Å². The fourth-order valence-electron chi connectivity index (χ4n) is 0.346. The van der Waals surface area contributed by atoms with Crippen molar-refractivity contribution in [1.29, 1.82) is 0 Å². The number of hydrogen-bond donors (Lipinski definition) is 1. The highest BCUT2D eigenvalue weighted by atomic mass is 16.5. The Balaban J connectivity index is 3.68. The van der Waals surface area contributed by atoms with Crippen LogP contribution in [0.2, 0.25) is 0 Å². The van der Waals surface area contributed by atoms with Crippen LogP contribution in [0.4, 0.5) is 0 Å². The van der Waals surface area contributed by atoms with Gasteiger partial charge in [-0.25, -0.2) is 0 Å². The molecule has 0 aromatic heterocycles. The molecule has 0 amide bonds. The zero-order valence-corrected chi connectivity index (χ0v) is 5.49. The molecule has 0 rings (SSSR count). The van der Waals surface area contributed by atoms with Crippen LogP contribution in [0.15, 0.2) is 0 Å². The van der Waals surface area contributed by atoms with Crippen molar-refractivity contribution < 1.29 is 19.4 Å². The number of ether oxygens (including phenoxy) is 1. The minimum absolute atomic E-state index is 0.348. The molecule has 0 aliphatic carbocycles. The summed E-state index contributed by atoms with van der Waals surface area (Å²) in [6, 6.07) is -1.27. The molecule has 0 spiro atoms. The first-order valence-electron chi connectivity index (χ1n) is 2.61. The molecular formula is C5H8NO4-. The molecule has 58 valence electrons. The molecule has 0 fully saturated rings. The fraction of sp³-hybridized carbons (Fsp3) is 0.600. The van der Waals surface area contributed by atoms with Gasteiger partial charge < -0.3 is 20.4 Å². The molecule has 0 aromatic rings. The van der Waals surface area contributed by atoms with Gasteiger partial charge in [-0.15, -0.1) is 0 Å². The van der Waals surface area contributed by atoms with Crippen molar-refractivity contribution in [3.05, 3.63) is 0 Å². The van der Waals surface area contributed by atoms with Gasteiger partial charge in [-0.1, -0.05) is 0 Å². The van der Waals surface area contributed by atoms with Gasteiger partial charge in [0.2, 0.25) is 0 Å². The van der Waals surface area contributed by atoms with Crippen molar-refractivity contribution in [3.63, 3.8) is 0 Å². The van der Waals surface area contributed by atoms with Crippen LogP contribution in [-0.4, -0.2) is 25.1 Å². The lowest BCUT2D eigenvalue weighted by Crippen LogP contribution is -2.43. The minimum Gasteiger partial charge on any atom is -0.548 e. The van der Waals surface area contributed by atoms with E-state index in [1.165, 1.54) is 0 Å². The number of carbonyl (C=O) groups is 2. The molecule has 10 heavy (non-hydrogen) atoms. The van der Waals surface area contributed by atoms with Gasteiger partial charge in [0.05, 0.1) is 25.5 Å². The van der Waals surface area contributed by atoms with Gasteiger partial charge in [-0.2, -0.15) is 0 Å². The third-order valence-corrected chi connectivity index (χ3v) is 0.917. The average molecular weight is 146 g/mol. The molecule has 2 N–H and O–H groups in total. The van der Waals surface area contributed by atoms with Crippen LogP contribution in [-0.2, 0) is 14.3 Å². The predicted octanol–water partition coefficient (Wildman–Crippen LogP) is -2.37. The Morgan fingerprint density at radius 3 is 2.50 bits per heavy atom. The second kappa shape index (κ2) is 3.84. The van der Waals surface area contributed by atoms with Crippen LogP contribution in [0.25, 0.3) is 0 Å². The molecular weight excluding hydrogens is 138 g/mol. The lowest BCUT2D eigenvalue weighted by molar-refractivity contribution is -0.307. The van der Waals surface area contributed by atoms with Crippen molar-refractivity contribution >= 4 is 11.9 Å². The third-order valence-electron chi connectivity index (χ3n) is 0.917. The summed E-state index contributed by atoms with van der Waals surface area (Å²) in [4.78, 5) is 20.2. The molecule has 0 heterocycles. The maximum atomic E-state index is 10.3. The summed E-state index contributed by atoms with van der Waals surface area (Å²) in [6.45, 7) is 0. The molecule has 0 aliphatic heterocycles. The topological polar surface area (TPSA) is 92.5 Å². The van der Waals surface area contributed by atoms with E-state index in [1.54, 1.807) is 0 Å². The number of carboxylic acids is 1. The minimum atomic E-state index is -1.45. The first-order chi connectivity index (χ1) is 4.57. The monoisotopic (exact) mass is 146 g/mol. The lowest BCUT2D eigenvalue weighted by atomic mass is 10.2. The van der Waals surface area contributed by atoms with E-state index in [4.69, 9.17) is 5.73 Å². The maximum Gasteiger partial charge on any atom is 0.307 e. The van der Waals surface area contributed by atoms with Gasteiger partial charge in [-0.05, 0) is 0 Å². The number of esters is 1. The van der Waals surface area contributed by atoms with Crippen LogP contribution >= 0.6 is 0 Å². The van der Waals surface area contributed by atoms with Crippen LogP contribution in [0.5, 0.6) is 0 Å². The summed E-state index contributed by atoms with van der Waals surface area (Å²) < 4.78 is 4.16. The van der Waals surface area contributed by atoms with E-state index in [9.17, 15) is 14.7 Å². The zero-order valence-electron chi connectivity index (χ0n) is 5.49. The Hall–Kier alpha value is -1.10. The molecule has 5 heteroatoms. The van der Waals surface area contributed by atoms with Crippen LogP contribution < -0.4 is 10.8 Å². The zero-order chi connectivity index (χ0) is 8.15. The number of carbonyl (C=O) groups excluding carboxylic acids is 2. The van der Waals surface area contributed by atoms with Crippen LogP contribution in [0.3, 0.4) is 0 Å². The number of aliphatic carboxylic acids is 1. The Bertz CT molecular complexity index is 145. The van der Waals surface area contributed by atoms with E-state index >= 15 is 0 Å². The standard InChI is InChI=1S/C5H9NO4/c1-10-4(7)2-3(6)5(8)9/h3H,2,6H2,1H3,(H,8,9)/p-1/t3-/m0/s1. The summed E-state index contributed by atoms with van der Waals surface area (Å²) in [5, 5.41) is 9.91. The van der Waals surface area contributed by atoms with Gasteiger partial charge in [0.15, 0.2) is 0 Å². The van der Waals surface area contributed by atoms with E-state index in [0.717, 1.165) is 7.11 Å². The highest BCUT2D eigenvalue weighted by molar-refractivity contribution is 5.79. The second-order valence-corrected chi connectivity index (χ2v) is 1.71. The number of carboxylic acid groups (broad SMARTS) is 1. The smallest absolute Gasteiger partial charge is 0.307 e. The van der Waals surface area contributed by atoms with Gasteiger partial charge in [0.1, 0.15) is 0 Å². The van der Waals surface area contributed by atoms with E-state index in [2.05, 4.69) is 4.74 Å². The van der Waals surface area contributed by atoms with Gasteiger partial charge in [0, 0.05) is 0 Å². The molecule has 0 aromatic carbocycles. The first-order valence-corrected chi connectivity index (χ1v) is 2.61. The molecule has 1 atom stereocenters. The summed E-state index contributed by atoms with van der Waals surface area (Å²) in [5.74, 6) is -2.11. The number of hydrogen-bond acceptors (Lipinski definition) is 5. The Labute approximate surface area is 57.8 Å². The van der Waals surface area contributed by atoms with Gasteiger partial charge >= 0.3 is 5.97 Å². The molecule has 5 nitrogen and oxygen atoms in total. The Kier molecular flexibility index (Phi) is 3.42. The largest absolute Gasteiger partial charge is 0.548 e. The lowest BCUT2D eigenvalue weighted by Gasteiger charge is -2.09. The van der Waals surface area contributed by atoms with Crippen molar-refractivity contribution in [3.8, 4) is 0 Å². The number of rotatable bonds is 3. The van der Waals surface area contributed by atoms with E-state index in [0.29, 0.717) is 0 Å². The summed E-state index contributed by atoms with van der Waals surface area (Å²) in [7, 11) is 1.16. The summed E-state index contributed by atoms with van der Waals surface area (Å²) in [5.41, 5.74) is 4.93. The molecule has 0 bridgehead atoms. The molecule has 0 saturated heterocycles. The van der Waals surface area contributed by atoms with Crippen molar-refractivity contribution in [1.82, 2.24) is 0 Å². The van der Waals surface area contributed by atoms with Crippen molar-refractivity contribution in [2.24, 2.45) is 5.73 Å². The van der Waals surface area contributed by atoms with Crippen LogP contribution in [0.1, 0.15) is 6.42 Å². The summed E-state index contributed by atoms with van der Waals surface area (Å²) in [6.07, 6.45) is -0.348. The van der Waals surface area contributed by atoms with Crippen molar-refractivity contribution in [2.75, 3.05) is 7.11 Å². The fourth-order valence-corrected chi connectivity index (χ4v) is 0.346. The number of nitrogens with two attached hydrogens (primary N) is 1. The highest BCUT2D eigenvalue weighted by Crippen LogP contribution is 1.88. The van der Waals surface area contributed by atoms with E-state index < -0.39 is 18.0 Å². The number of methoxy groups -OCH3 is 1. The molecule has 0 saturated carbocycles. The predicted molar refractivity (Wildman–Crippen MR) is 29.6 cm³/mol. The Morgan fingerprint density at radius 2 is 2.20 bits per heavy atom. The van der Waals surface area contributed by atoms with E-state index in [-0.39, 0.29) is 6.42 Å².